The van der Waals surface area contributed by atoms with Crippen LogP contribution in [-0.4, -0.2) is 29.2 Å². The third-order valence-electron chi connectivity index (χ3n) is 2.32. The molecule has 88 valence electrons. The lowest BCUT2D eigenvalue weighted by Gasteiger charge is -2.20. The van der Waals surface area contributed by atoms with Gasteiger partial charge in [-0.3, -0.25) is 4.79 Å². The molecule has 0 saturated carbocycles. The van der Waals surface area contributed by atoms with Gasteiger partial charge in [0.15, 0.2) is 0 Å². The number of hydrogen-bond acceptors (Lipinski definition) is 1. The van der Waals surface area contributed by atoms with E-state index < -0.39 is 0 Å². The number of benzene rings is 1. The zero-order chi connectivity index (χ0) is 12.0. The second kappa shape index (κ2) is 6.63. The van der Waals surface area contributed by atoms with Gasteiger partial charge >= 0.3 is 0 Å². The summed E-state index contributed by atoms with van der Waals surface area (Å²) in [5, 5.41) is 0.875. The second-order valence-corrected chi connectivity index (χ2v) is 4.23. The first-order chi connectivity index (χ1) is 7.69. The van der Waals surface area contributed by atoms with Crippen LogP contribution in [0.5, 0.6) is 0 Å². The lowest BCUT2D eigenvalue weighted by molar-refractivity contribution is 0.0765. The van der Waals surface area contributed by atoms with Crippen molar-refractivity contribution in [3.63, 3.8) is 0 Å². The van der Waals surface area contributed by atoms with Crippen LogP contribution in [-0.2, 0) is 0 Å². The zero-order valence-corrected chi connectivity index (χ0v) is 10.8. The Bertz CT molecular complexity index is 339. The molecule has 0 unspecified atom stereocenters. The van der Waals surface area contributed by atoms with Gasteiger partial charge in [-0.1, -0.05) is 15.9 Å². The van der Waals surface area contributed by atoms with E-state index in [0.717, 1.165) is 18.3 Å². The van der Waals surface area contributed by atoms with Crippen LogP contribution in [0.1, 0.15) is 23.7 Å². The molecule has 0 bridgehead atoms. The van der Waals surface area contributed by atoms with E-state index in [-0.39, 0.29) is 11.7 Å². The van der Waals surface area contributed by atoms with E-state index >= 15 is 0 Å². The molecule has 0 spiro atoms. The normalized spacial score (nSPS) is 10.2. The van der Waals surface area contributed by atoms with E-state index in [2.05, 4.69) is 15.9 Å². The van der Waals surface area contributed by atoms with Crippen LogP contribution in [0.4, 0.5) is 4.39 Å². The maximum atomic E-state index is 12.7. The average molecular weight is 288 g/mol. The molecule has 0 fully saturated rings. The Kier molecular flexibility index (Phi) is 5.46. The molecule has 0 aliphatic carbocycles. The van der Waals surface area contributed by atoms with Gasteiger partial charge in [0.2, 0.25) is 0 Å². The second-order valence-electron chi connectivity index (χ2n) is 3.43. The predicted molar refractivity (Wildman–Crippen MR) is 66.4 cm³/mol. The molecule has 0 saturated heterocycles. The standard InChI is InChI=1S/C12H15BrFNO/c1-2-15(9-3-8-13)12(16)10-4-6-11(14)7-5-10/h4-7H,2-3,8-9H2,1H3. The van der Waals surface area contributed by atoms with Gasteiger partial charge in [0.1, 0.15) is 5.82 Å². The van der Waals surface area contributed by atoms with Gasteiger partial charge in [0, 0.05) is 24.0 Å². The van der Waals surface area contributed by atoms with Gasteiger partial charge in [-0.2, -0.15) is 0 Å². The quantitative estimate of drug-likeness (QED) is 0.762. The van der Waals surface area contributed by atoms with Crippen molar-refractivity contribution < 1.29 is 9.18 Å². The molecule has 1 aromatic rings. The van der Waals surface area contributed by atoms with E-state index in [9.17, 15) is 9.18 Å². The highest BCUT2D eigenvalue weighted by molar-refractivity contribution is 9.09. The molecule has 0 aromatic heterocycles. The van der Waals surface area contributed by atoms with Crippen molar-refractivity contribution in [1.29, 1.82) is 0 Å². The van der Waals surface area contributed by atoms with Crippen molar-refractivity contribution in [3.05, 3.63) is 35.6 Å². The lowest BCUT2D eigenvalue weighted by atomic mass is 10.2. The molecule has 2 nitrogen and oxygen atoms in total. The number of alkyl halides is 1. The van der Waals surface area contributed by atoms with Gasteiger partial charge < -0.3 is 4.90 Å². The summed E-state index contributed by atoms with van der Waals surface area (Å²) >= 11 is 3.33. The summed E-state index contributed by atoms with van der Waals surface area (Å²) in [6.45, 7) is 3.33. The maximum absolute atomic E-state index is 12.7. The van der Waals surface area contributed by atoms with Crippen molar-refractivity contribution in [2.24, 2.45) is 0 Å². The number of hydrogen-bond donors (Lipinski definition) is 0. The summed E-state index contributed by atoms with van der Waals surface area (Å²) in [5.41, 5.74) is 0.540. The summed E-state index contributed by atoms with van der Waals surface area (Å²) in [5.74, 6) is -0.358. The Morgan fingerprint density at radius 1 is 1.38 bits per heavy atom. The maximum Gasteiger partial charge on any atom is 0.253 e. The number of rotatable bonds is 5. The van der Waals surface area contributed by atoms with E-state index in [1.54, 1.807) is 4.90 Å². The number of halogens is 2. The van der Waals surface area contributed by atoms with Crippen molar-refractivity contribution in [1.82, 2.24) is 4.90 Å². The van der Waals surface area contributed by atoms with Crippen molar-refractivity contribution in [2.45, 2.75) is 13.3 Å². The third-order valence-corrected chi connectivity index (χ3v) is 2.88. The van der Waals surface area contributed by atoms with Gasteiger partial charge in [-0.05, 0) is 37.6 Å². The van der Waals surface area contributed by atoms with Crippen LogP contribution in [0, 0.1) is 5.82 Å². The molecule has 0 aliphatic rings. The predicted octanol–water partition coefficient (Wildman–Crippen LogP) is 3.07. The molecule has 1 rings (SSSR count). The fourth-order valence-electron chi connectivity index (χ4n) is 1.43. The molecular formula is C12H15BrFNO. The fraction of sp³-hybridized carbons (Fsp3) is 0.417. The molecule has 0 N–H and O–H groups in total. The molecule has 1 aromatic carbocycles. The van der Waals surface area contributed by atoms with Gasteiger partial charge in [0.25, 0.3) is 5.91 Å². The Balaban J connectivity index is 2.70. The van der Waals surface area contributed by atoms with Crippen LogP contribution < -0.4 is 0 Å². The zero-order valence-electron chi connectivity index (χ0n) is 9.25. The van der Waals surface area contributed by atoms with E-state index in [4.69, 9.17) is 0 Å². The lowest BCUT2D eigenvalue weighted by Crippen LogP contribution is -2.31. The number of carbonyl (C=O) groups excluding carboxylic acids is 1. The average Bonchev–Trinajstić information content (AvgIpc) is 2.30. The minimum atomic E-state index is -0.319. The fourth-order valence-corrected chi connectivity index (χ4v) is 1.68. The summed E-state index contributed by atoms with van der Waals surface area (Å²) < 4.78 is 12.7. The van der Waals surface area contributed by atoms with Gasteiger partial charge in [-0.25, -0.2) is 4.39 Å². The molecule has 4 heteroatoms. The Hall–Kier alpha value is -0.900. The first kappa shape index (κ1) is 13.2. The molecule has 0 heterocycles. The van der Waals surface area contributed by atoms with Crippen LogP contribution in [0.15, 0.2) is 24.3 Å². The number of nitrogens with zero attached hydrogens (tertiary/aromatic N) is 1. The van der Waals surface area contributed by atoms with Crippen LogP contribution in [0.25, 0.3) is 0 Å². The number of carbonyl (C=O) groups is 1. The summed E-state index contributed by atoms with van der Waals surface area (Å²) in [7, 11) is 0. The van der Waals surface area contributed by atoms with Gasteiger partial charge in [0.05, 0.1) is 0 Å². The van der Waals surface area contributed by atoms with E-state index in [0.29, 0.717) is 12.1 Å². The summed E-state index contributed by atoms with van der Waals surface area (Å²) in [4.78, 5) is 13.7. The Morgan fingerprint density at radius 3 is 2.50 bits per heavy atom. The minimum Gasteiger partial charge on any atom is -0.339 e. The molecule has 16 heavy (non-hydrogen) atoms. The topological polar surface area (TPSA) is 20.3 Å². The van der Waals surface area contributed by atoms with Crippen molar-refractivity contribution in [3.8, 4) is 0 Å². The first-order valence-corrected chi connectivity index (χ1v) is 6.42. The van der Waals surface area contributed by atoms with Crippen LogP contribution >= 0.6 is 15.9 Å². The highest BCUT2D eigenvalue weighted by Crippen LogP contribution is 2.07. The van der Waals surface area contributed by atoms with Crippen LogP contribution in [0.3, 0.4) is 0 Å². The molecule has 0 atom stereocenters. The minimum absolute atomic E-state index is 0.0385. The highest BCUT2D eigenvalue weighted by Gasteiger charge is 2.13. The van der Waals surface area contributed by atoms with Crippen LogP contribution in [0.2, 0.25) is 0 Å². The monoisotopic (exact) mass is 287 g/mol. The summed E-state index contributed by atoms with van der Waals surface area (Å²) in [6.07, 6.45) is 0.917. The highest BCUT2D eigenvalue weighted by atomic mass is 79.9. The molecule has 0 radical (unpaired) electrons. The molecule has 0 aliphatic heterocycles. The Labute approximate surface area is 104 Å². The van der Waals surface area contributed by atoms with Gasteiger partial charge in [-0.15, -0.1) is 0 Å². The largest absolute Gasteiger partial charge is 0.339 e. The smallest absolute Gasteiger partial charge is 0.253 e. The summed E-state index contributed by atoms with van der Waals surface area (Å²) in [6, 6.07) is 5.67. The molecular weight excluding hydrogens is 273 g/mol. The Morgan fingerprint density at radius 2 is 2.00 bits per heavy atom. The SMILES string of the molecule is CCN(CCCBr)C(=O)c1ccc(F)cc1. The molecule has 1 amide bonds. The first-order valence-electron chi connectivity index (χ1n) is 5.29. The van der Waals surface area contributed by atoms with Crippen molar-refractivity contribution in [2.75, 3.05) is 18.4 Å². The van der Waals surface area contributed by atoms with Crippen molar-refractivity contribution >= 4 is 21.8 Å². The third kappa shape index (κ3) is 3.59. The number of amides is 1. The van der Waals surface area contributed by atoms with E-state index in [1.165, 1.54) is 24.3 Å². The van der Waals surface area contributed by atoms with E-state index in [1.807, 2.05) is 6.92 Å².